The van der Waals surface area contributed by atoms with E-state index in [4.69, 9.17) is 5.73 Å². The van der Waals surface area contributed by atoms with E-state index in [1.165, 1.54) is 0 Å². The highest BCUT2D eigenvalue weighted by Gasteiger charge is 2.17. The van der Waals surface area contributed by atoms with Gasteiger partial charge in [-0.25, -0.2) is 4.98 Å². The van der Waals surface area contributed by atoms with E-state index < -0.39 is 7.14 Å². The van der Waals surface area contributed by atoms with Gasteiger partial charge in [-0.2, -0.15) is 0 Å². The number of hydrogen-bond acceptors (Lipinski definition) is 3. The topological polar surface area (TPSA) is 60.9 Å². The van der Waals surface area contributed by atoms with Gasteiger partial charge in [0.1, 0.15) is 12.8 Å². The van der Waals surface area contributed by atoms with E-state index in [1.54, 1.807) is 19.5 Å². The molecule has 0 radical (unpaired) electrons. The van der Waals surface area contributed by atoms with E-state index in [1.807, 2.05) is 48.1 Å². The maximum atomic E-state index is 12.4. The van der Waals surface area contributed by atoms with Crippen molar-refractivity contribution >= 4 is 29.2 Å². The smallest absolute Gasteiger partial charge is 0.140 e. The Labute approximate surface area is 124 Å². The van der Waals surface area contributed by atoms with Gasteiger partial charge in [-0.15, -0.1) is 0 Å². The molecule has 0 spiro atoms. The summed E-state index contributed by atoms with van der Waals surface area (Å²) in [6, 6.07) is 9.72. The third-order valence-electron chi connectivity index (χ3n) is 3.66. The molecule has 3 rings (SSSR count). The Kier molecular flexibility index (Phi) is 3.14. The Morgan fingerprint density at radius 3 is 2.71 bits per heavy atom. The van der Waals surface area contributed by atoms with Gasteiger partial charge in [0.25, 0.3) is 0 Å². The van der Waals surface area contributed by atoms with Gasteiger partial charge in [-0.05, 0) is 43.2 Å². The molecule has 2 N–H and O–H groups in total. The molecule has 2 heterocycles. The number of pyridine rings is 1. The fourth-order valence-electron chi connectivity index (χ4n) is 2.62. The summed E-state index contributed by atoms with van der Waals surface area (Å²) in [4.78, 5) is 4.40. The van der Waals surface area contributed by atoms with Crippen LogP contribution in [0.3, 0.4) is 0 Å². The number of aryl methyl sites for hydroxylation is 1. The van der Waals surface area contributed by atoms with Gasteiger partial charge in [-0.1, -0.05) is 6.07 Å². The van der Waals surface area contributed by atoms with Gasteiger partial charge in [0.15, 0.2) is 0 Å². The number of aromatic nitrogens is 2. The van der Waals surface area contributed by atoms with Crippen LogP contribution < -0.4 is 11.0 Å². The van der Waals surface area contributed by atoms with Crippen molar-refractivity contribution in [3.05, 3.63) is 42.7 Å². The first-order chi connectivity index (χ1) is 9.88. The second-order valence-corrected chi connectivity index (χ2v) is 8.84. The van der Waals surface area contributed by atoms with Crippen molar-refractivity contribution in [3.63, 3.8) is 0 Å². The Hall–Kier alpha value is -2.06. The number of nitrogens with zero attached hydrogens (tertiary/aromatic N) is 2. The summed E-state index contributed by atoms with van der Waals surface area (Å²) in [7, 11) is -0.430. The standard InChI is InChI=1S/C16H18N3OP/c1-19-10-13(12-5-4-8-18-16(12)19)11-6-7-14(17)15(9-11)21(2,3)20/h4-10H,17H2,1-3H3. The minimum absolute atomic E-state index is 0.588. The molecule has 3 aromatic rings. The molecule has 5 heteroatoms. The lowest BCUT2D eigenvalue weighted by atomic mass is 10.1. The van der Waals surface area contributed by atoms with E-state index in [0.717, 1.165) is 27.5 Å². The lowest BCUT2D eigenvalue weighted by Crippen LogP contribution is -2.09. The summed E-state index contributed by atoms with van der Waals surface area (Å²) < 4.78 is 14.4. The predicted octanol–water partition coefficient (Wildman–Crippen LogP) is 3.07. The van der Waals surface area contributed by atoms with Crippen LogP contribution in [-0.4, -0.2) is 22.9 Å². The van der Waals surface area contributed by atoms with Crippen molar-refractivity contribution < 1.29 is 4.57 Å². The lowest BCUT2D eigenvalue weighted by molar-refractivity contribution is 0.588. The number of nitrogen functional groups attached to an aromatic ring is 1. The van der Waals surface area contributed by atoms with E-state index >= 15 is 0 Å². The molecule has 4 nitrogen and oxygen atoms in total. The van der Waals surface area contributed by atoms with Crippen LogP contribution >= 0.6 is 7.14 Å². The summed E-state index contributed by atoms with van der Waals surface area (Å²) in [5.41, 5.74) is 9.60. The number of rotatable bonds is 2. The zero-order valence-corrected chi connectivity index (χ0v) is 13.3. The molecule has 2 aromatic heterocycles. The average molecular weight is 299 g/mol. The molecule has 0 amide bonds. The first-order valence-electron chi connectivity index (χ1n) is 6.73. The lowest BCUT2D eigenvalue weighted by Gasteiger charge is -2.12. The van der Waals surface area contributed by atoms with E-state index in [-0.39, 0.29) is 0 Å². The number of benzene rings is 1. The van der Waals surface area contributed by atoms with Gasteiger partial charge in [0.05, 0.1) is 0 Å². The molecule has 0 aliphatic rings. The summed E-state index contributed by atoms with van der Waals surface area (Å²) in [6.07, 6.45) is 3.83. The maximum absolute atomic E-state index is 12.4. The number of hydrogen-bond donors (Lipinski definition) is 1. The summed E-state index contributed by atoms with van der Waals surface area (Å²) in [5.74, 6) is 0. The summed E-state index contributed by atoms with van der Waals surface area (Å²) in [5, 5.41) is 1.82. The van der Waals surface area contributed by atoms with Crippen LogP contribution in [0.2, 0.25) is 0 Å². The van der Waals surface area contributed by atoms with Crippen molar-refractivity contribution in [2.45, 2.75) is 0 Å². The Bertz CT molecular complexity index is 876. The second kappa shape index (κ2) is 4.74. The Balaban J connectivity index is 2.27. The Morgan fingerprint density at radius 1 is 1.24 bits per heavy atom. The quantitative estimate of drug-likeness (QED) is 0.584. The van der Waals surface area contributed by atoms with Crippen LogP contribution in [0.1, 0.15) is 0 Å². The zero-order chi connectivity index (χ0) is 15.2. The molecule has 0 saturated heterocycles. The van der Waals surface area contributed by atoms with E-state index in [2.05, 4.69) is 4.98 Å². The monoisotopic (exact) mass is 299 g/mol. The molecule has 0 unspecified atom stereocenters. The maximum Gasteiger partial charge on any atom is 0.140 e. The third kappa shape index (κ3) is 2.36. The van der Waals surface area contributed by atoms with Gasteiger partial charge >= 0.3 is 0 Å². The minimum atomic E-state index is -2.40. The summed E-state index contributed by atoms with van der Waals surface area (Å²) in [6.45, 7) is 3.49. The van der Waals surface area contributed by atoms with E-state index in [9.17, 15) is 4.57 Å². The zero-order valence-electron chi connectivity index (χ0n) is 12.4. The van der Waals surface area contributed by atoms with Crippen LogP contribution in [0.5, 0.6) is 0 Å². The van der Waals surface area contributed by atoms with Gasteiger partial charge in [0, 0.05) is 41.4 Å². The minimum Gasteiger partial charge on any atom is -0.398 e. The molecule has 0 aliphatic heterocycles. The predicted molar refractivity (Wildman–Crippen MR) is 89.7 cm³/mol. The number of nitrogens with two attached hydrogens (primary N) is 1. The highest BCUT2D eigenvalue weighted by Crippen LogP contribution is 2.39. The van der Waals surface area contributed by atoms with Crippen molar-refractivity contribution in [2.75, 3.05) is 19.1 Å². The SMILES string of the molecule is Cn1cc(-c2ccc(N)c(P(C)(C)=O)c2)c2cccnc21. The van der Waals surface area contributed by atoms with E-state index in [0.29, 0.717) is 5.69 Å². The average Bonchev–Trinajstić information content (AvgIpc) is 2.76. The van der Waals surface area contributed by atoms with Crippen LogP contribution in [0.4, 0.5) is 5.69 Å². The van der Waals surface area contributed by atoms with Gasteiger partial charge in [-0.3, -0.25) is 0 Å². The van der Waals surface area contributed by atoms with Crippen molar-refractivity contribution in [2.24, 2.45) is 7.05 Å². The van der Waals surface area contributed by atoms with Crippen molar-refractivity contribution in [1.29, 1.82) is 0 Å². The Morgan fingerprint density at radius 2 is 2.00 bits per heavy atom. The molecule has 21 heavy (non-hydrogen) atoms. The van der Waals surface area contributed by atoms with Crippen LogP contribution in [0.25, 0.3) is 22.2 Å². The van der Waals surface area contributed by atoms with Crippen molar-refractivity contribution in [3.8, 4) is 11.1 Å². The number of fused-ring (bicyclic) bond motifs is 1. The molecule has 0 bridgehead atoms. The summed E-state index contributed by atoms with van der Waals surface area (Å²) >= 11 is 0. The molecule has 0 saturated carbocycles. The first kappa shape index (κ1) is 13.9. The fourth-order valence-corrected chi connectivity index (χ4v) is 3.77. The van der Waals surface area contributed by atoms with Crippen LogP contribution in [0.15, 0.2) is 42.7 Å². The van der Waals surface area contributed by atoms with Gasteiger partial charge in [0.2, 0.25) is 0 Å². The second-order valence-electron chi connectivity index (χ2n) is 5.65. The highest BCUT2D eigenvalue weighted by atomic mass is 31.2. The molecule has 0 aliphatic carbocycles. The largest absolute Gasteiger partial charge is 0.398 e. The molecule has 0 atom stereocenters. The van der Waals surface area contributed by atoms with Crippen LogP contribution in [0, 0.1) is 0 Å². The molecule has 108 valence electrons. The van der Waals surface area contributed by atoms with Gasteiger partial charge < -0.3 is 14.9 Å². The first-order valence-corrected chi connectivity index (χ1v) is 9.33. The highest BCUT2D eigenvalue weighted by molar-refractivity contribution is 7.70. The normalized spacial score (nSPS) is 12.0. The number of anilines is 1. The van der Waals surface area contributed by atoms with Crippen LogP contribution in [-0.2, 0) is 11.6 Å². The molecular formula is C16H18N3OP. The molecular weight excluding hydrogens is 281 g/mol. The molecule has 0 fully saturated rings. The van der Waals surface area contributed by atoms with Crippen molar-refractivity contribution in [1.82, 2.24) is 9.55 Å². The third-order valence-corrected chi connectivity index (χ3v) is 5.20. The fraction of sp³-hybridized carbons (Fsp3) is 0.188. The molecule has 1 aromatic carbocycles.